The van der Waals surface area contributed by atoms with Gasteiger partial charge in [0.1, 0.15) is 17.1 Å². The maximum atomic E-state index is 14.5. The molecule has 3 aromatic carbocycles. The summed E-state index contributed by atoms with van der Waals surface area (Å²) < 4.78 is 81.2. The highest BCUT2D eigenvalue weighted by molar-refractivity contribution is 5.91. The number of ether oxygens (including phenoxy) is 2. The zero-order chi connectivity index (χ0) is 28.2. The van der Waals surface area contributed by atoms with Crippen LogP contribution in [0, 0.1) is 40.9 Å². The smallest absolute Gasteiger partial charge is 0.343 e. The Balaban J connectivity index is 1.60. The molecule has 0 amide bonds. The lowest BCUT2D eigenvalue weighted by Gasteiger charge is -2.11. The first kappa shape index (κ1) is 29.7. The third-order valence-corrected chi connectivity index (χ3v) is 5.94. The van der Waals surface area contributed by atoms with E-state index in [9.17, 15) is 26.7 Å². The zero-order valence-electron chi connectivity index (χ0n) is 21.6. The summed E-state index contributed by atoms with van der Waals surface area (Å²) in [5.74, 6) is -4.16. The number of halogens is 5. The first-order valence-electron chi connectivity index (χ1n) is 12.9. The fraction of sp³-hybridized carbons (Fsp3) is 0.323. The monoisotopic (exact) mass is 544 g/mol. The molecule has 0 unspecified atom stereocenters. The Morgan fingerprint density at radius 1 is 0.692 bits per heavy atom. The minimum atomic E-state index is -1.64. The van der Waals surface area contributed by atoms with E-state index < -0.39 is 46.4 Å². The van der Waals surface area contributed by atoms with Crippen molar-refractivity contribution in [1.82, 2.24) is 0 Å². The maximum absolute atomic E-state index is 14.5. The fourth-order valence-electron chi connectivity index (χ4n) is 3.75. The Morgan fingerprint density at radius 2 is 1.26 bits per heavy atom. The first-order chi connectivity index (χ1) is 18.8. The van der Waals surface area contributed by atoms with E-state index >= 15 is 0 Å². The largest absolute Gasteiger partial charge is 0.487 e. The van der Waals surface area contributed by atoms with Crippen LogP contribution in [0.25, 0.3) is 0 Å². The molecule has 3 rings (SSSR count). The highest BCUT2D eigenvalue weighted by Gasteiger charge is 2.26. The Labute approximate surface area is 225 Å². The molecule has 0 N–H and O–H groups in total. The van der Waals surface area contributed by atoms with Crippen LogP contribution in [0.3, 0.4) is 0 Å². The molecule has 0 saturated carbocycles. The average Bonchev–Trinajstić information content (AvgIpc) is 2.94. The molecule has 3 nitrogen and oxygen atoms in total. The van der Waals surface area contributed by atoms with Gasteiger partial charge in [-0.25, -0.2) is 18.0 Å². The molecule has 0 aliphatic carbocycles. The van der Waals surface area contributed by atoms with Crippen molar-refractivity contribution >= 4 is 5.97 Å². The van der Waals surface area contributed by atoms with E-state index in [1.165, 1.54) is 49.2 Å². The number of esters is 1. The van der Waals surface area contributed by atoms with E-state index in [0.717, 1.165) is 44.2 Å². The Kier molecular flexibility index (Phi) is 11.4. The highest BCUT2D eigenvalue weighted by atomic mass is 19.2. The molecule has 206 valence electrons. The Morgan fingerprint density at radius 3 is 1.85 bits per heavy atom. The highest BCUT2D eigenvalue weighted by Crippen LogP contribution is 2.30. The van der Waals surface area contributed by atoms with E-state index in [4.69, 9.17) is 9.47 Å². The van der Waals surface area contributed by atoms with Crippen LogP contribution in [-0.4, -0.2) is 12.6 Å². The number of unbranched alkanes of at least 4 members (excludes halogenated alkanes) is 7. The second-order valence-corrected chi connectivity index (χ2v) is 8.95. The standard InChI is InChI=1S/C31H29F5O3/c1-2-3-4-5-6-7-8-9-20-38-30-28(35)26(33)25(27(34)29(30)36)19-12-21-10-17-24(18-11-21)39-31(37)22-13-15-23(32)16-14-22/h10-11,13-18H,2-9,20H2,1H3. The van der Waals surface area contributed by atoms with Gasteiger partial charge >= 0.3 is 5.97 Å². The van der Waals surface area contributed by atoms with Crippen molar-refractivity contribution in [3.63, 3.8) is 0 Å². The molecule has 0 atom stereocenters. The van der Waals surface area contributed by atoms with Crippen LogP contribution < -0.4 is 9.47 Å². The normalized spacial score (nSPS) is 10.6. The molecule has 0 aliphatic heterocycles. The third-order valence-electron chi connectivity index (χ3n) is 5.94. The third kappa shape index (κ3) is 8.57. The molecule has 0 radical (unpaired) electrons. The van der Waals surface area contributed by atoms with Crippen LogP contribution in [0.4, 0.5) is 22.0 Å². The van der Waals surface area contributed by atoms with Crippen LogP contribution in [0.1, 0.15) is 79.8 Å². The quantitative estimate of drug-likeness (QED) is 0.0573. The van der Waals surface area contributed by atoms with Crippen LogP contribution in [0.15, 0.2) is 48.5 Å². The minimum absolute atomic E-state index is 0.0647. The SMILES string of the molecule is CCCCCCCCCCOc1c(F)c(F)c(C#Cc2ccc(OC(=O)c3ccc(F)cc3)cc2)c(F)c1F. The van der Waals surface area contributed by atoms with Crippen molar-refractivity contribution in [3.05, 3.63) is 94.3 Å². The lowest BCUT2D eigenvalue weighted by Crippen LogP contribution is -2.08. The summed E-state index contributed by atoms with van der Waals surface area (Å²) in [6.45, 7) is 2.07. The molecule has 0 heterocycles. The molecule has 0 bridgehead atoms. The molecule has 8 heteroatoms. The first-order valence-corrected chi connectivity index (χ1v) is 12.9. The molecule has 0 fully saturated rings. The molecule has 0 aliphatic rings. The van der Waals surface area contributed by atoms with Crippen molar-refractivity contribution in [2.24, 2.45) is 0 Å². The van der Waals surface area contributed by atoms with Crippen LogP contribution in [0.5, 0.6) is 11.5 Å². The summed E-state index contributed by atoms with van der Waals surface area (Å²) in [5, 5.41) is 0. The molecular weight excluding hydrogens is 515 g/mol. The van der Waals surface area contributed by atoms with Crippen molar-refractivity contribution in [2.45, 2.75) is 58.3 Å². The number of carbonyl (C=O) groups is 1. The van der Waals surface area contributed by atoms with Crippen LogP contribution in [0.2, 0.25) is 0 Å². The van der Waals surface area contributed by atoms with E-state index in [2.05, 4.69) is 18.8 Å². The molecule has 0 spiro atoms. The lowest BCUT2D eigenvalue weighted by molar-refractivity contribution is 0.0734. The van der Waals surface area contributed by atoms with E-state index in [0.29, 0.717) is 6.42 Å². The van der Waals surface area contributed by atoms with Gasteiger partial charge in [0, 0.05) is 5.56 Å². The van der Waals surface area contributed by atoms with Crippen molar-refractivity contribution in [2.75, 3.05) is 6.61 Å². The number of hydrogen-bond donors (Lipinski definition) is 0. The van der Waals surface area contributed by atoms with E-state index in [1.807, 2.05) is 0 Å². The maximum Gasteiger partial charge on any atom is 0.343 e. The fourth-order valence-corrected chi connectivity index (χ4v) is 3.75. The summed E-state index contributed by atoms with van der Waals surface area (Å²) in [7, 11) is 0. The van der Waals surface area contributed by atoms with E-state index in [1.54, 1.807) is 0 Å². The van der Waals surface area contributed by atoms with Crippen molar-refractivity contribution < 1.29 is 36.2 Å². The van der Waals surface area contributed by atoms with E-state index in [-0.39, 0.29) is 23.5 Å². The minimum Gasteiger partial charge on any atom is -0.487 e. The number of rotatable bonds is 12. The molecule has 0 aromatic heterocycles. The molecule has 39 heavy (non-hydrogen) atoms. The summed E-state index contributed by atoms with van der Waals surface area (Å²) in [4.78, 5) is 12.1. The topological polar surface area (TPSA) is 35.5 Å². The van der Waals surface area contributed by atoms with Crippen molar-refractivity contribution in [1.29, 1.82) is 0 Å². The second kappa shape index (κ2) is 14.9. The summed E-state index contributed by atoms with van der Waals surface area (Å²) in [6.07, 6.45) is 7.97. The predicted octanol–water partition coefficient (Wildman–Crippen LogP) is 8.52. The summed E-state index contributed by atoms with van der Waals surface area (Å²) in [5.41, 5.74) is -0.678. The van der Waals surface area contributed by atoms with Gasteiger partial charge in [-0.1, -0.05) is 63.7 Å². The molecular formula is C31H29F5O3. The van der Waals surface area contributed by atoms with Gasteiger partial charge in [-0.15, -0.1) is 0 Å². The van der Waals surface area contributed by atoms with Gasteiger partial charge in [-0.05, 0) is 55.0 Å². The Hall–Kier alpha value is -3.86. The molecule has 3 aromatic rings. The Bertz CT molecular complexity index is 1280. The van der Waals surface area contributed by atoms with Gasteiger partial charge in [0.05, 0.1) is 12.2 Å². The number of benzene rings is 3. The van der Waals surface area contributed by atoms with Gasteiger partial charge in [0.25, 0.3) is 0 Å². The predicted molar refractivity (Wildman–Crippen MR) is 138 cm³/mol. The number of hydrogen-bond acceptors (Lipinski definition) is 3. The second-order valence-electron chi connectivity index (χ2n) is 8.95. The molecule has 0 saturated heterocycles. The average molecular weight is 545 g/mol. The van der Waals surface area contributed by atoms with Gasteiger partial charge in [-0.3, -0.25) is 0 Å². The van der Waals surface area contributed by atoms with Gasteiger partial charge in [0.15, 0.2) is 17.4 Å². The van der Waals surface area contributed by atoms with Gasteiger partial charge in [-0.2, -0.15) is 8.78 Å². The summed E-state index contributed by atoms with van der Waals surface area (Å²) >= 11 is 0. The van der Waals surface area contributed by atoms with Crippen molar-refractivity contribution in [3.8, 4) is 23.3 Å². The van der Waals surface area contributed by atoms with Crippen LogP contribution in [-0.2, 0) is 0 Å². The number of carbonyl (C=O) groups excluding carboxylic acids is 1. The van der Waals surface area contributed by atoms with Gasteiger partial charge < -0.3 is 9.47 Å². The lowest BCUT2D eigenvalue weighted by atomic mass is 10.1. The van der Waals surface area contributed by atoms with Crippen LogP contribution >= 0.6 is 0 Å². The van der Waals surface area contributed by atoms with Gasteiger partial charge in [0.2, 0.25) is 11.6 Å². The summed E-state index contributed by atoms with van der Waals surface area (Å²) in [6, 6.07) is 10.3. The zero-order valence-corrected chi connectivity index (χ0v) is 21.6.